The van der Waals surface area contributed by atoms with Gasteiger partial charge in [0, 0.05) is 38.7 Å². The van der Waals surface area contributed by atoms with Gasteiger partial charge >= 0.3 is 0 Å². The Kier molecular flexibility index (Phi) is 14.3. The number of benzene rings is 1. The molecule has 2 aromatic rings. The Labute approximate surface area is 305 Å². The third kappa shape index (κ3) is 10.4. The standard InChI is InChI=1S/C37H54N8O7/c1-6-27-33(48)42-32(24(4)46)36(51)41-29(21-25-13-8-7-9-14-25)37(52)45-20-12-16-30(45)35(50)38-19-11-10-15-28(34(49)40-27)39-31(47)18-17-26-22(2)43-44(5)23(26)3/h7-9,13-14,24,27-30,32,46H,6,10-12,15-21H2,1-5H3,(H,38,50)(H,39,47)(H,40,49)(H,41,51)(H,42,48)/t24-,27+,28+,29-,30+,32+/m1/s1. The first-order chi connectivity index (χ1) is 24.8. The number of nitrogens with zero attached hydrogens (tertiary/aromatic N) is 3. The number of carbonyl (C=O) groups is 6. The van der Waals surface area contributed by atoms with Gasteiger partial charge in [0.1, 0.15) is 30.2 Å². The molecule has 4 rings (SSSR count). The number of aliphatic hydroxyl groups is 1. The van der Waals surface area contributed by atoms with Gasteiger partial charge in [0.05, 0.1) is 11.8 Å². The predicted octanol–water partition coefficient (Wildman–Crippen LogP) is 0.233. The average Bonchev–Trinajstić information content (AvgIpc) is 3.70. The zero-order valence-electron chi connectivity index (χ0n) is 30.9. The average molecular weight is 723 g/mol. The molecule has 6 N–H and O–H groups in total. The molecular formula is C37H54N8O7. The fourth-order valence-electron chi connectivity index (χ4n) is 6.85. The van der Waals surface area contributed by atoms with E-state index in [9.17, 15) is 33.9 Å². The molecule has 0 saturated carbocycles. The Morgan fingerprint density at radius 1 is 0.942 bits per heavy atom. The Morgan fingerprint density at radius 2 is 1.65 bits per heavy atom. The smallest absolute Gasteiger partial charge is 0.246 e. The van der Waals surface area contributed by atoms with E-state index in [1.165, 1.54) is 11.8 Å². The Hall–Kier alpha value is -4.79. The third-order valence-electron chi connectivity index (χ3n) is 9.97. The summed E-state index contributed by atoms with van der Waals surface area (Å²) in [6.07, 6.45) is 1.76. The van der Waals surface area contributed by atoms with E-state index < -0.39 is 59.9 Å². The highest BCUT2D eigenvalue weighted by atomic mass is 16.3. The molecule has 52 heavy (non-hydrogen) atoms. The molecule has 15 heteroatoms. The Bertz CT molecular complexity index is 1590. The number of aryl methyl sites for hydroxylation is 2. The molecule has 284 valence electrons. The molecule has 6 amide bonds. The van der Waals surface area contributed by atoms with Crippen LogP contribution >= 0.6 is 0 Å². The lowest BCUT2D eigenvalue weighted by molar-refractivity contribution is -0.142. The van der Waals surface area contributed by atoms with Crippen molar-refractivity contribution in [3.8, 4) is 0 Å². The first kappa shape index (κ1) is 40.0. The van der Waals surface area contributed by atoms with Crippen LogP contribution in [0.3, 0.4) is 0 Å². The maximum absolute atomic E-state index is 14.0. The van der Waals surface area contributed by atoms with Crippen LogP contribution in [0.4, 0.5) is 0 Å². The minimum Gasteiger partial charge on any atom is -0.391 e. The van der Waals surface area contributed by atoms with Crippen LogP contribution in [0.2, 0.25) is 0 Å². The number of hydrogen-bond donors (Lipinski definition) is 6. The first-order valence-electron chi connectivity index (χ1n) is 18.3. The second kappa shape index (κ2) is 18.6. The van der Waals surface area contributed by atoms with Crippen LogP contribution < -0.4 is 26.6 Å². The molecule has 15 nitrogen and oxygen atoms in total. The molecule has 0 bridgehead atoms. The van der Waals surface area contributed by atoms with Gasteiger partial charge in [-0.15, -0.1) is 0 Å². The van der Waals surface area contributed by atoms with Crippen molar-refractivity contribution >= 4 is 35.4 Å². The van der Waals surface area contributed by atoms with Crippen LogP contribution in [-0.4, -0.2) is 105 Å². The number of carbonyl (C=O) groups excluding carboxylic acids is 6. The van der Waals surface area contributed by atoms with Crippen molar-refractivity contribution in [2.45, 2.75) is 122 Å². The number of rotatable bonds is 8. The molecular weight excluding hydrogens is 668 g/mol. The highest BCUT2D eigenvalue weighted by Gasteiger charge is 2.39. The van der Waals surface area contributed by atoms with Gasteiger partial charge in [-0.05, 0) is 76.8 Å². The predicted molar refractivity (Wildman–Crippen MR) is 192 cm³/mol. The summed E-state index contributed by atoms with van der Waals surface area (Å²) >= 11 is 0. The van der Waals surface area contributed by atoms with Crippen LogP contribution in [0, 0.1) is 13.8 Å². The first-order valence-corrected chi connectivity index (χ1v) is 18.3. The van der Waals surface area contributed by atoms with Crippen molar-refractivity contribution in [1.29, 1.82) is 0 Å². The summed E-state index contributed by atoms with van der Waals surface area (Å²) < 4.78 is 1.76. The summed E-state index contributed by atoms with van der Waals surface area (Å²) in [4.78, 5) is 82.9. The summed E-state index contributed by atoms with van der Waals surface area (Å²) in [6, 6.07) is 3.78. The van der Waals surface area contributed by atoms with E-state index in [0.29, 0.717) is 45.2 Å². The number of amides is 6. The second-order valence-electron chi connectivity index (χ2n) is 13.8. The highest BCUT2D eigenvalue weighted by Crippen LogP contribution is 2.20. The fraction of sp³-hybridized carbons (Fsp3) is 0.595. The lowest BCUT2D eigenvalue weighted by Crippen LogP contribution is -2.61. The van der Waals surface area contributed by atoms with Gasteiger partial charge in [-0.25, -0.2) is 0 Å². The normalized spacial score (nSPS) is 24.7. The molecule has 0 aliphatic carbocycles. The number of hydrogen-bond acceptors (Lipinski definition) is 8. The van der Waals surface area contributed by atoms with E-state index in [4.69, 9.17) is 0 Å². The van der Waals surface area contributed by atoms with Crippen molar-refractivity contribution in [3.63, 3.8) is 0 Å². The van der Waals surface area contributed by atoms with Crippen molar-refractivity contribution in [3.05, 3.63) is 52.8 Å². The monoisotopic (exact) mass is 722 g/mol. The number of aromatic nitrogens is 2. The van der Waals surface area contributed by atoms with Crippen LogP contribution in [0.5, 0.6) is 0 Å². The fourth-order valence-corrected chi connectivity index (χ4v) is 6.85. The molecule has 3 heterocycles. The van der Waals surface area contributed by atoms with Gasteiger partial charge in [-0.2, -0.15) is 5.10 Å². The zero-order valence-corrected chi connectivity index (χ0v) is 30.9. The molecule has 2 aliphatic rings. The highest BCUT2D eigenvalue weighted by molar-refractivity contribution is 5.97. The van der Waals surface area contributed by atoms with E-state index in [1.807, 2.05) is 51.2 Å². The quantitative estimate of drug-likeness (QED) is 0.222. The summed E-state index contributed by atoms with van der Waals surface area (Å²) in [5, 5.41) is 28.8. The number of aliphatic hydroxyl groups excluding tert-OH is 1. The van der Waals surface area contributed by atoms with Crippen molar-refractivity contribution in [2.24, 2.45) is 7.05 Å². The van der Waals surface area contributed by atoms with Gasteiger partial charge in [0.2, 0.25) is 35.4 Å². The van der Waals surface area contributed by atoms with Crippen LogP contribution in [0.25, 0.3) is 0 Å². The molecule has 2 aliphatic heterocycles. The number of nitrogens with one attached hydrogen (secondary N) is 5. The molecule has 1 aromatic carbocycles. The molecule has 0 spiro atoms. The van der Waals surface area contributed by atoms with Crippen LogP contribution in [0.15, 0.2) is 30.3 Å². The lowest BCUT2D eigenvalue weighted by Gasteiger charge is -2.30. The Balaban J connectivity index is 1.56. The van der Waals surface area contributed by atoms with Gasteiger partial charge < -0.3 is 36.6 Å². The van der Waals surface area contributed by atoms with Crippen LogP contribution in [0.1, 0.15) is 81.3 Å². The van der Waals surface area contributed by atoms with Crippen molar-refractivity contribution < 1.29 is 33.9 Å². The van der Waals surface area contributed by atoms with Gasteiger partial charge in [0.25, 0.3) is 0 Å². The van der Waals surface area contributed by atoms with E-state index in [1.54, 1.807) is 11.6 Å². The summed E-state index contributed by atoms with van der Waals surface area (Å²) in [5.41, 5.74) is 3.52. The zero-order chi connectivity index (χ0) is 37.9. The van der Waals surface area contributed by atoms with E-state index in [-0.39, 0.29) is 37.5 Å². The summed E-state index contributed by atoms with van der Waals surface area (Å²) in [6.45, 7) is 7.47. The van der Waals surface area contributed by atoms with Gasteiger partial charge in [-0.1, -0.05) is 37.3 Å². The molecule has 2 fully saturated rings. The summed E-state index contributed by atoms with van der Waals surface area (Å²) in [7, 11) is 1.84. The molecule has 2 saturated heterocycles. The minimum atomic E-state index is -1.46. The molecule has 6 atom stereocenters. The number of fused-ring (bicyclic) bond motifs is 1. The largest absolute Gasteiger partial charge is 0.391 e. The van der Waals surface area contributed by atoms with E-state index >= 15 is 0 Å². The molecule has 0 radical (unpaired) electrons. The third-order valence-corrected chi connectivity index (χ3v) is 9.97. The minimum absolute atomic E-state index is 0.123. The van der Waals surface area contributed by atoms with E-state index in [0.717, 1.165) is 22.5 Å². The molecule has 0 unspecified atom stereocenters. The van der Waals surface area contributed by atoms with Crippen LogP contribution in [-0.2, 0) is 48.7 Å². The van der Waals surface area contributed by atoms with Gasteiger partial charge in [-0.3, -0.25) is 33.4 Å². The lowest BCUT2D eigenvalue weighted by atomic mass is 10.0. The Morgan fingerprint density at radius 3 is 2.31 bits per heavy atom. The van der Waals surface area contributed by atoms with E-state index in [2.05, 4.69) is 31.7 Å². The topological polar surface area (TPSA) is 204 Å². The maximum Gasteiger partial charge on any atom is 0.246 e. The summed E-state index contributed by atoms with van der Waals surface area (Å²) in [5.74, 6) is -3.15. The van der Waals surface area contributed by atoms with Crippen molar-refractivity contribution in [1.82, 2.24) is 41.3 Å². The maximum atomic E-state index is 14.0. The SMILES string of the molecule is CC[C@@H]1NC(=O)[C@@H](NC(=O)CCc2c(C)nn(C)c2C)CCCCNC(=O)[C@@H]2CCCN2C(=O)[C@@H](Cc2ccccc2)NC(=O)[C@H]([C@@H](C)O)NC1=O. The van der Waals surface area contributed by atoms with Gasteiger partial charge in [0.15, 0.2) is 0 Å². The molecule has 1 aromatic heterocycles. The van der Waals surface area contributed by atoms with Crippen molar-refractivity contribution in [2.75, 3.05) is 13.1 Å². The second-order valence-corrected chi connectivity index (χ2v) is 13.8.